The lowest BCUT2D eigenvalue weighted by molar-refractivity contribution is 0.0680. The van der Waals surface area contributed by atoms with Crippen molar-refractivity contribution < 1.29 is 14.3 Å². The van der Waals surface area contributed by atoms with Crippen LogP contribution in [0.15, 0.2) is 48.5 Å². The first-order valence-corrected chi connectivity index (χ1v) is 8.70. The molecule has 0 radical (unpaired) electrons. The third-order valence-corrected chi connectivity index (χ3v) is 4.31. The number of amides is 1. The largest absolute Gasteiger partial charge is 0.491 e. The van der Waals surface area contributed by atoms with E-state index in [9.17, 15) is 4.79 Å². The summed E-state index contributed by atoms with van der Waals surface area (Å²) in [6.07, 6.45) is 2.32. The summed E-state index contributed by atoms with van der Waals surface area (Å²) >= 11 is 2.19. The third-order valence-electron chi connectivity index (χ3n) is 3.64. The van der Waals surface area contributed by atoms with Crippen molar-refractivity contribution in [3.05, 3.63) is 57.7 Å². The minimum Gasteiger partial charge on any atom is -0.491 e. The lowest BCUT2D eigenvalue weighted by atomic mass is 10.2. The first-order chi connectivity index (χ1) is 11.2. The fraction of sp³-hybridized carbons (Fsp3) is 0.278. The van der Waals surface area contributed by atoms with E-state index in [1.54, 1.807) is 6.07 Å². The smallest absolute Gasteiger partial charge is 0.255 e. The average Bonchev–Trinajstić information content (AvgIpc) is 3.07. The molecule has 1 aliphatic rings. The number of hydrogen-bond acceptors (Lipinski definition) is 3. The van der Waals surface area contributed by atoms with E-state index in [0.717, 1.165) is 34.5 Å². The summed E-state index contributed by atoms with van der Waals surface area (Å²) in [5.41, 5.74) is 1.36. The quantitative estimate of drug-likeness (QED) is 0.737. The van der Waals surface area contributed by atoms with Gasteiger partial charge in [0.25, 0.3) is 5.91 Å². The van der Waals surface area contributed by atoms with Crippen LogP contribution in [-0.4, -0.2) is 25.2 Å². The molecule has 3 rings (SSSR count). The van der Waals surface area contributed by atoms with Gasteiger partial charge in [0.2, 0.25) is 0 Å². The highest BCUT2D eigenvalue weighted by atomic mass is 127. The molecule has 2 aromatic rings. The zero-order valence-electron chi connectivity index (χ0n) is 12.6. The van der Waals surface area contributed by atoms with Gasteiger partial charge in [-0.15, -0.1) is 0 Å². The number of benzene rings is 2. The molecule has 0 aliphatic carbocycles. The third kappa shape index (κ3) is 4.68. The van der Waals surface area contributed by atoms with Crippen LogP contribution in [0.1, 0.15) is 23.2 Å². The topological polar surface area (TPSA) is 47.6 Å². The molecule has 1 atom stereocenters. The summed E-state index contributed by atoms with van der Waals surface area (Å²) in [5.74, 6) is 0.612. The van der Waals surface area contributed by atoms with Gasteiger partial charge in [0, 0.05) is 27.5 Å². The van der Waals surface area contributed by atoms with Crippen molar-refractivity contribution >= 4 is 34.2 Å². The Hall–Kier alpha value is -1.60. The maximum absolute atomic E-state index is 12.3. The van der Waals surface area contributed by atoms with Crippen molar-refractivity contribution in [1.29, 1.82) is 0 Å². The lowest BCUT2D eigenvalue weighted by Crippen LogP contribution is -2.16. The molecule has 1 N–H and O–H groups in total. The number of halogens is 1. The van der Waals surface area contributed by atoms with Crippen LogP contribution in [0.4, 0.5) is 5.69 Å². The van der Waals surface area contributed by atoms with Crippen LogP contribution in [0, 0.1) is 3.57 Å². The molecule has 0 spiro atoms. The van der Waals surface area contributed by atoms with E-state index >= 15 is 0 Å². The lowest BCUT2D eigenvalue weighted by Gasteiger charge is -2.12. The van der Waals surface area contributed by atoms with E-state index in [0.29, 0.717) is 12.2 Å². The van der Waals surface area contributed by atoms with Gasteiger partial charge in [0.1, 0.15) is 12.4 Å². The van der Waals surface area contributed by atoms with Crippen molar-refractivity contribution in [3.63, 3.8) is 0 Å². The summed E-state index contributed by atoms with van der Waals surface area (Å²) in [6.45, 7) is 1.37. The molecule has 1 heterocycles. The number of nitrogens with one attached hydrogen (secondary N) is 1. The van der Waals surface area contributed by atoms with Gasteiger partial charge in [-0.3, -0.25) is 4.79 Å². The van der Waals surface area contributed by atoms with Crippen LogP contribution in [0.5, 0.6) is 5.75 Å². The molecule has 0 bridgehead atoms. The van der Waals surface area contributed by atoms with E-state index in [-0.39, 0.29) is 12.0 Å². The molecule has 1 aliphatic heterocycles. The standard InChI is InChI=1S/C18H18INO3/c19-14-5-1-4-13(10-14)18(21)20-15-6-2-7-16(11-15)23-12-17-8-3-9-22-17/h1-2,4-7,10-11,17H,3,8-9,12H2,(H,20,21). The van der Waals surface area contributed by atoms with Gasteiger partial charge in [-0.2, -0.15) is 0 Å². The fourth-order valence-corrected chi connectivity index (χ4v) is 3.00. The molecule has 0 aromatic heterocycles. The number of carbonyl (C=O) groups excluding carboxylic acids is 1. The predicted molar refractivity (Wildman–Crippen MR) is 98.0 cm³/mol. The maximum Gasteiger partial charge on any atom is 0.255 e. The fourth-order valence-electron chi connectivity index (χ4n) is 2.46. The monoisotopic (exact) mass is 423 g/mol. The van der Waals surface area contributed by atoms with Crippen molar-refractivity contribution in [3.8, 4) is 5.75 Å². The van der Waals surface area contributed by atoms with E-state index in [1.807, 2.05) is 42.5 Å². The molecule has 4 nitrogen and oxygen atoms in total. The van der Waals surface area contributed by atoms with Gasteiger partial charge < -0.3 is 14.8 Å². The Morgan fingerprint density at radius 1 is 1.26 bits per heavy atom. The molecular formula is C18H18INO3. The summed E-state index contributed by atoms with van der Waals surface area (Å²) in [7, 11) is 0. The van der Waals surface area contributed by atoms with Gasteiger partial charge >= 0.3 is 0 Å². The van der Waals surface area contributed by atoms with Crippen LogP contribution < -0.4 is 10.1 Å². The highest BCUT2D eigenvalue weighted by molar-refractivity contribution is 14.1. The first-order valence-electron chi connectivity index (χ1n) is 7.62. The number of rotatable bonds is 5. The molecule has 2 aromatic carbocycles. The summed E-state index contributed by atoms with van der Waals surface area (Å²) < 4.78 is 12.3. The van der Waals surface area contributed by atoms with Crippen molar-refractivity contribution in [2.24, 2.45) is 0 Å². The number of anilines is 1. The van der Waals surface area contributed by atoms with E-state index in [1.165, 1.54) is 0 Å². The van der Waals surface area contributed by atoms with E-state index < -0.39 is 0 Å². The zero-order chi connectivity index (χ0) is 16.1. The van der Waals surface area contributed by atoms with Crippen LogP contribution in [0.2, 0.25) is 0 Å². The molecule has 1 fully saturated rings. The minimum absolute atomic E-state index is 0.125. The second kappa shape index (κ2) is 7.79. The Morgan fingerprint density at radius 3 is 2.91 bits per heavy atom. The second-order valence-corrected chi connectivity index (χ2v) is 6.68. The number of hydrogen-bond donors (Lipinski definition) is 1. The molecule has 120 valence electrons. The van der Waals surface area contributed by atoms with Gasteiger partial charge in [-0.05, 0) is 65.8 Å². The van der Waals surface area contributed by atoms with Crippen molar-refractivity contribution in [2.45, 2.75) is 18.9 Å². The zero-order valence-corrected chi connectivity index (χ0v) is 14.8. The maximum atomic E-state index is 12.3. The highest BCUT2D eigenvalue weighted by Crippen LogP contribution is 2.20. The SMILES string of the molecule is O=C(Nc1cccc(OCC2CCCO2)c1)c1cccc(I)c1. The Balaban J connectivity index is 1.61. The molecule has 23 heavy (non-hydrogen) atoms. The van der Waals surface area contributed by atoms with Gasteiger partial charge in [-0.1, -0.05) is 12.1 Å². The Kier molecular flexibility index (Phi) is 5.51. The van der Waals surface area contributed by atoms with Crippen LogP contribution >= 0.6 is 22.6 Å². The summed E-state index contributed by atoms with van der Waals surface area (Å²) in [6, 6.07) is 14.9. The molecule has 0 saturated carbocycles. The van der Waals surface area contributed by atoms with Crippen molar-refractivity contribution in [2.75, 3.05) is 18.5 Å². The molecule has 1 saturated heterocycles. The van der Waals surface area contributed by atoms with E-state index in [4.69, 9.17) is 9.47 Å². The predicted octanol–water partition coefficient (Wildman–Crippen LogP) is 4.10. The van der Waals surface area contributed by atoms with Gasteiger partial charge in [-0.25, -0.2) is 0 Å². The molecule has 1 amide bonds. The summed E-state index contributed by atoms with van der Waals surface area (Å²) in [4.78, 5) is 12.3. The van der Waals surface area contributed by atoms with Gasteiger partial charge in [0.15, 0.2) is 0 Å². The number of ether oxygens (including phenoxy) is 2. The Bertz CT molecular complexity index is 683. The van der Waals surface area contributed by atoms with Crippen LogP contribution in [-0.2, 0) is 4.74 Å². The number of carbonyl (C=O) groups is 1. The molecule has 5 heteroatoms. The van der Waals surface area contributed by atoms with E-state index in [2.05, 4.69) is 27.9 Å². The second-order valence-electron chi connectivity index (χ2n) is 5.44. The molecule has 1 unspecified atom stereocenters. The first kappa shape index (κ1) is 16.3. The Labute approximate surface area is 149 Å². The van der Waals surface area contributed by atoms with Gasteiger partial charge in [0.05, 0.1) is 6.10 Å². The highest BCUT2D eigenvalue weighted by Gasteiger charge is 2.16. The minimum atomic E-state index is -0.125. The summed E-state index contributed by atoms with van der Waals surface area (Å²) in [5, 5.41) is 2.90. The van der Waals surface area contributed by atoms with Crippen molar-refractivity contribution in [1.82, 2.24) is 0 Å². The van der Waals surface area contributed by atoms with Crippen LogP contribution in [0.3, 0.4) is 0 Å². The van der Waals surface area contributed by atoms with Crippen LogP contribution in [0.25, 0.3) is 0 Å². The normalized spacial score (nSPS) is 17.0. The average molecular weight is 423 g/mol. The molecular weight excluding hydrogens is 405 g/mol. The Morgan fingerprint density at radius 2 is 2.13 bits per heavy atom.